The molecule has 3 heterocycles. The van der Waals surface area contributed by atoms with Gasteiger partial charge in [-0.15, -0.1) is 11.6 Å². The van der Waals surface area contributed by atoms with Crippen LogP contribution in [0.3, 0.4) is 0 Å². The second-order valence-electron chi connectivity index (χ2n) is 5.37. The number of ether oxygens (including phenoxy) is 1. The number of rotatable bonds is 3. The van der Waals surface area contributed by atoms with Crippen LogP contribution in [0.1, 0.15) is 23.5 Å². The van der Waals surface area contributed by atoms with Crippen molar-refractivity contribution in [3.63, 3.8) is 0 Å². The quantitative estimate of drug-likeness (QED) is 0.538. The minimum atomic E-state index is -1.21. The molecule has 1 aliphatic rings. The Bertz CT molecular complexity index is 732. The Morgan fingerprint density at radius 1 is 1.59 bits per heavy atom. The molecule has 4 N–H and O–H groups in total. The number of alkyl halides is 1. The molecule has 0 aliphatic carbocycles. The Hall–Kier alpha value is -1.74. The highest BCUT2D eigenvalue weighted by Crippen LogP contribution is 2.44. The molecule has 2 aromatic heterocycles. The Balaban J connectivity index is 2.19. The van der Waals surface area contributed by atoms with Gasteiger partial charge < -0.3 is 25.3 Å². The molecule has 2 unspecified atom stereocenters. The molecule has 22 heavy (non-hydrogen) atoms. The maximum Gasteiger partial charge on any atom is 0.157 e. The molecule has 118 valence electrons. The molecule has 4 atom stereocenters. The van der Waals surface area contributed by atoms with Crippen LogP contribution in [0.25, 0.3) is 11.0 Å². The highest BCUT2D eigenvalue weighted by Gasteiger charge is 2.53. The van der Waals surface area contributed by atoms with Crippen LogP contribution in [0.4, 0.5) is 5.82 Å². The first-order valence-corrected chi connectivity index (χ1v) is 6.99. The lowest BCUT2D eigenvalue weighted by Gasteiger charge is -2.26. The molecule has 0 amide bonds. The molecule has 9 heteroatoms. The molecule has 2 aromatic rings. The van der Waals surface area contributed by atoms with Crippen LogP contribution in [-0.2, 0) is 4.74 Å². The predicted molar refractivity (Wildman–Crippen MR) is 78.6 cm³/mol. The number of nitrogen functional groups attached to an aromatic ring is 1. The summed E-state index contributed by atoms with van der Waals surface area (Å²) < 4.78 is 7.17. The number of nitrogens with zero attached hydrogens (tertiary/aromatic N) is 3. The van der Waals surface area contributed by atoms with E-state index in [1.54, 1.807) is 6.92 Å². The summed E-state index contributed by atoms with van der Waals surface area (Å²) in [6.07, 6.45) is 0.666. The summed E-state index contributed by atoms with van der Waals surface area (Å²) in [5.41, 5.74) is 6.48. The van der Waals surface area contributed by atoms with E-state index in [0.29, 0.717) is 22.9 Å². The molecule has 1 saturated heterocycles. The third kappa shape index (κ3) is 1.99. The molecule has 0 bridgehead atoms. The standard InChI is InChI=1S/C13H15ClN4O4/c1-13(14)9(21)7(4-20)22-12(13)18-2-6(3-19)8-10(15)16-5-17-11(8)18/h2-3,5,7,9,12,20-21H,4H2,1H3,(H2,15,16,17)/t7?,9?,12-,13-/m1/s1. The SMILES string of the molecule is C[C@@]1(Cl)C(O)C(CO)O[C@H]1n1cc(C=O)c2c(N)ncnc21. The molecule has 8 nitrogen and oxygen atoms in total. The van der Waals surface area contributed by atoms with Crippen molar-refractivity contribution in [2.75, 3.05) is 12.3 Å². The summed E-state index contributed by atoms with van der Waals surface area (Å²) in [5.74, 6) is 0.166. The summed E-state index contributed by atoms with van der Waals surface area (Å²) in [5, 5.41) is 19.9. The third-order valence-corrected chi connectivity index (χ3v) is 4.35. The Kier molecular flexibility index (Phi) is 3.56. The van der Waals surface area contributed by atoms with E-state index in [9.17, 15) is 15.0 Å². The van der Waals surface area contributed by atoms with Crippen molar-refractivity contribution in [1.82, 2.24) is 14.5 Å². The van der Waals surface area contributed by atoms with Crippen molar-refractivity contribution in [2.45, 2.75) is 30.2 Å². The van der Waals surface area contributed by atoms with Gasteiger partial charge in [0, 0.05) is 11.8 Å². The van der Waals surface area contributed by atoms with Crippen LogP contribution in [0.5, 0.6) is 0 Å². The van der Waals surface area contributed by atoms with Gasteiger partial charge in [-0.25, -0.2) is 9.97 Å². The van der Waals surface area contributed by atoms with Gasteiger partial charge in [-0.2, -0.15) is 0 Å². The number of anilines is 1. The molecule has 1 fully saturated rings. The van der Waals surface area contributed by atoms with Crippen molar-refractivity contribution in [3.8, 4) is 0 Å². The highest BCUT2D eigenvalue weighted by atomic mass is 35.5. The van der Waals surface area contributed by atoms with Crippen molar-refractivity contribution in [1.29, 1.82) is 0 Å². The zero-order chi connectivity index (χ0) is 16.1. The van der Waals surface area contributed by atoms with Gasteiger partial charge in [0.2, 0.25) is 0 Å². The number of aliphatic hydroxyl groups excluding tert-OH is 2. The van der Waals surface area contributed by atoms with Crippen LogP contribution in [0, 0.1) is 0 Å². The predicted octanol–water partition coefficient (Wildman–Crippen LogP) is 0.0741. The van der Waals surface area contributed by atoms with Gasteiger partial charge in [0.05, 0.1) is 12.0 Å². The molecule has 0 aromatic carbocycles. The minimum Gasteiger partial charge on any atom is -0.394 e. The van der Waals surface area contributed by atoms with Crippen LogP contribution in [0.15, 0.2) is 12.5 Å². The fraction of sp³-hybridized carbons (Fsp3) is 0.462. The van der Waals surface area contributed by atoms with E-state index in [1.165, 1.54) is 17.1 Å². The topological polar surface area (TPSA) is 123 Å². The maximum atomic E-state index is 11.3. The second-order valence-corrected chi connectivity index (χ2v) is 6.19. The lowest BCUT2D eigenvalue weighted by molar-refractivity contribution is -0.0439. The average molecular weight is 327 g/mol. The fourth-order valence-electron chi connectivity index (χ4n) is 2.77. The first-order valence-electron chi connectivity index (χ1n) is 6.61. The Labute approximate surface area is 130 Å². The summed E-state index contributed by atoms with van der Waals surface area (Å²) in [7, 11) is 0. The normalized spacial score (nSPS) is 31.7. The monoisotopic (exact) mass is 326 g/mol. The van der Waals surface area contributed by atoms with Crippen LogP contribution in [0.2, 0.25) is 0 Å². The number of carbonyl (C=O) groups excluding carboxylic acids is 1. The van der Waals surface area contributed by atoms with Gasteiger partial charge in [0.15, 0.2) is 12.5 Å². The highest BCUT2D eigenvalue weighted by molar-refractivity contribution is 6.24. The molecule has 0 radical (unpaired) electrons. The average Bonchev–Trinajstić information content (AvgIpc) is 2.97. The van der Waals surface area contributed by atoms with Crippen LogP contribution < -0.4 is 5.73 Å². The lowest BCUT2D eigenvalue weighted by Crippen LogP contribution is -2.39. The van der Waals surface area contributed by atoms with Gasteiger partial charge in [-0.3, -0.25) is 4.79 Å². The summed E-state index contributed by atoms with van der Waals surface area (Å²) >= 11 is 6.41. The summed E-state index contributed by atoms with van der Waals surface area (Å²) in [6.45, 7) is 1.22. The zero-order valence-corrected chi connectivity index (χ0v) is 12.4. The van der Waals surface area contributed by atoms with Gasteiger partial charge in [0.1, 0.15) is 34.9 Å². The van der Waals surface area contributed by atoms with Crippen LogP contribution >= 0.6 is 11.6 Å². The second kappa shape index (κ2) is 5.17. The number of hydrogen-bond donors (Lipinski definition) is 3. The van der Waals surface area contributed by atoms with E-state index in [2.05, 4.69) is 9.97 Å². The van der Waals surface area contributed by atoms with Crippen molar-refractivity contribution < 1.29 is 19.7 Å². The number of aromatic nitrogens is 3. The van der Waals surface area contributed by atoms with Crippen LogP contribution in [-0.4, -0.2) is 54.7 Å². The molecule has 0 saturated carbocycles. The third-order valence-electron chi connectivity index (χ3n) is 3.94. The minimum absolute atomic E-state index is 0.166. The number of aldehydes is 1. The van der Waals surface area contributed by atoms with Crippen molar-refractivity contribution in [2.24, 2.45) is 0 Å². The van der Waals surface area contributed by atoms with E-state index >= 15 is 0 Å². The zero-order valence-electron chi connectivity index (χ0n) is 11.7. The number of nitrogens with two attached hydrogens (primary N) is 1. The fourth-order valence-corrected chi connectivity index (χ4v) is 3.07. The van der Waals surface area contributed by atoms with Gasteiger partial charge >= 0.3 is 0 Å². The molecule has 3 rings (SSSR count). The molecule has 0 spiro atoms. The van der Waals surface area contributed by atoms with Gasteiger partial charge in [-0.05, 0) is 6.92 Å². The Morgan fingerprint density at radius 2 is 2.32 bits per heavy atom. The van der Waals surface area contributed by atoms with Gasteiger partial charge in [-0.1, -0.05) is 0 Å². The smallest absolute Gasteiger partial charge is 0.157 e. The summed E-state index contributed by atoms with van der Waals surface area (Å²) in [4.78, 5) is 18.0. The molecule has 1 aliphatic heterocycles. The van der Waals surface area contributed by atoms with E-state index < -0.39 is 23.3 Å². The van der Waals surface area contributed by atoms with E-state index in [0.717, 1.165) is 0 Å². The number of halogens is 1. The summed E-state index contributed by atoms with van der Waals surface area (Å²) in [6, 6.07) is 0. The van der Waals surface area contributed by atoms with E-state index in [-0.39, 0.29) is 12.4 Å². The molecular formula is C13H15ClN4O4. The van der Waals surface area contributed by atoms with E-state index in [4.69, 9.17) is 22.1 Å². The lowest BCUT2D eigenvalue weighted by atomic mass is 10.0. The first kappa shape index (κ1) is 15.2. The maximum absolute atomic E-state index is 11.3. The molecular weight excluding hydrogens is 312 g/mol. The number of carbonyl (C=O) groups is 1. The van der Waals surface area contributed by atoms with E-state index in [1.807, 2.05) is 0 Å². The van der Waals surface area contributed by atoms with Crippen molar-refractivity contribution >= 4 is 34.7 Å². The Morgan fingerprint density at radius 3 is 2.91 bits per heavy atom. The number of fused-ring (bicyclic) bond motifs is 1. The largest absolute Gasteiger partial charge is 0.394 e. The number of aliphatic hydroxyl groups is 2. The first-order chi connectivity index (χ1) is 10.4. The van der Waals surface area contributed by atoms with Gasteiger partial charge in [0.25, 0.3) is 0 Å². The van der Waals surface area contributed by atoms with Crippen molar-refractivity contribution in [3.05, 3.63) is 18.1 Å². The number of hydrogen-bond acceptors (Lipinski definition) is 7.